The molecule has 0 saturated heterocycles. The zero-order chi connectivity index (χ0) is 27.4. The predicted molar refractivity (Wildman–Crippen MR) is 146 cm³/mol. The van der Waals surface area contributed by atoms with Crippen LogP contribution in [-0.4, -0.2) is 21.7 Å². The third-order valence-electron chi connectivity index (χ3n) is 5.42. The van der Waals surface area contributed by atoms with Crippen LogP contribution in [0.5, 0.6) is 0 Å². The Bertz CT molecular complexity index is 1620. The van der Waals surface area contributed by atoms with Crippen LogP contribution in [0.25, 0.3) is 22.0 Å². The van der Waals surface area contributed by atoms with Gasteiger partial charge in [0.1, 0.15) is 11.6 Å². The molecule has 3 amide bonds. The molecule has 4 aromatic rings. The van der Waals surface area contributed by atoms with E-state index in [2.05, 4.69) is 27.5 Å². The number of aromatic nitrogens is 2. The van der Waals surface area contributed by atoms with Crippen LogP contribution in [0.15, 0.2) is 77.9 Å². The normalized spacial score (nSPS) is 10.6. The molecule has 0 fully saturated rings. The summed E-state index contributed by atoms with van der Waals surface area (Å²) in [6.07, 6.45) is 0.714. The van der Waals surface area contributed by atoms with Crippen LogP contribution in [0.2, 0.25) is 5.02 Å². The predicted octanol–water partition coefficient (Wildman–Crippen LogP) is 6.60. The molecule has 4 rings (SSSR count). The van der Waals surface area contributed by atoms with E-state index in [1.807, 2.05) is 0 Å². The topological polar surface area (TPSA) is 114 Å². The Morgan fingerprint density at radius 1 is 1.08 bits per heavy atom. The van der Waals surface area contributed by atoms with Gasteiger partial charge in [-0.1, -0.05) is 36.4 Å². The van der Waals surface area contributed by atoms with Gasteiger partial charge in [0.25, 0.3) is 5.56 Å². The van der Waals surface area contributed by atoms with Crippen molar-refractivity contribution < 1.29 is 18.7 Å². The number of carbonyl (C=O) groups is 2. The number of hydrogen-bond donors (Lipinski definition) is 3. The zero-order valence-electron chi connectivity index (χ0n) is 20.5. The second-order valence-electron chi connectivity index (χ2n) is 8.21. The molecule has 0 atom stereocenters. The highest BCUT2D eigenvalue weighted by atomic mass is 35.5. The first-order valence-electron chi connectivity index (χ1n) is 11.5. The van der Waals surface area contributed by atoms with Crippen molar-refractivity contribution in [2.45, 2.75) is 20.4 Å². The first kappa shape index (κ1) is 26.4. The molecule has 0 radical (unpaired) electrons. The zero-order valence-corrected chi connectivity index (χ0v) is 21.2. The number of urea groups is 1. The third kappa shape index (κ3) is 5.81. The number of halogens is 2. The van der Waals surface area contributed by atoms with E-state index in [9.17, 15) is 18.8 Å². The van der Waals surface area contributed by atoms with Gasteiger partial charge in [0.2, 0.25) is 0 Å². The van der Waals surface area contributed by atoms with E-state index in [0.29, 0.717) is 16.6 Å². The number of aryl methyl sites for hydroxylation is 1. The summed E-state index contributed by atoms with van der Waals surface area (Å²) >= 11 is 6.34. The molecule has 2 aromatic heterocycles. The number of nitrogens with zero attached hydrogens (tertiary/aromatic N) is 2. The van der Waals surface area contributed by atoms with E-state index in [1.54, 1.807) is 43.3 Å². The van der Waals surface area contributed by atoms with E-state index in [1.165, 1.54) is 29.8 Å². The van der Waals surface area contributed by atoms with Crippen LogP contribution in [0.1, 0.15) is 13.8 Å². The monoisotopic (exact) mass is 535 g/mol. The first-order valence-corrected chi connectivity index (χ1v) is 11.8. The van der Waals surface area contributed by atoms with Crippen LogP contribution in [0.3, 0.4) is 0 Å². The molecule has 0 spiro atoms. The fourth-order valence-corrected chi connectivity index (χ4v) is 4.05. The van der Waals surface area contributed by atoms with Crippen molar-refractivity contribution in [1.29, 1.82) is 0 Å². The standard InChI is InChI=1S/C27H23ClFN5O4/c1-4-34-23-13-24(33-27(37)38-15(2)3)30-14-16(23)10-19(25(34)35)18-11-22(21(29)12-20(18)28)32-26(36)31-17-8-6-5-7-9-17/h5-14H,2,4H2,1,3H3,(H,30,33,37)(H2,31,32,36). The van der Waals surface area contributed by atoms with E-state index in [0.717, 1.165) is 6.07 Å². The van der Waals surface area contributed by atoms with Crippen molar-refractivity contribution in [2.24, 2.45) is 0 Å². The Balaban J connectivity index is 1.71. The molecule has 0 bridgehead atoms. The van der Waals surface area contributed by atoms with Gasteiger partial charge >= 0.3 is 12.1 Å². The lowest BCUT2D eigenvalue weighted by Crippen LogP contribution is -2.22. The maximum absolute atomic E-state index is 14.7. The summed E-state index contributed by atoms with van der Waals surface area (Å²) in [5.74, 6) is -0.382. The molecule has 9 nitrogen and oxygen atoms in total. The van der Waals surface area contributed by atoms with Gasteiger partial charge in [0, 0.05) is 41.0 Å². The van der Waals surface area contributed by atoms with E-state index < -0.39 is 23.5 Å². The summed E-state index contributed by atoms with van der Waals surface area (Å²) in [6.45, 7) is 7.10. The van der Waals surface area contributed by atoms with Crippen molar-refractivity contribution in [3.05, 3.63) is 94.3 Å². The summed E-state index contributed by atoms with van der Waals surface area (Å²) in [7, 11) is 0. The van der Waals surface area contributed by atoms with Gasteiger partial charge in [0.05, 0.1) is 22.0 Å². The molecule has 2 heterocycles. The van der Waals surface area contributed by atoms with Crippen LogP contribution in [0, 0.1) is 5.82 Å². The van der Waals surface area contributed by atoms with Gasteiger partial charge in [-0.05, 0) is 44.2 Å². The van der Waals surface area contributed by atoms with Crippen LogP contribution >= 0.6 is 11.6 Å². The number of carbonyl (C=O) groups excluding carboxylic acids is 2. The number of para-hydroxylation sites is 1. The second-order valence-corrected chi connectivity index (χ2v) is 8.62. The maximum Gasteiger partial charge on any atom is 0.417 e. The van der Waals surface area contributed by atoms with Gasteiger partial charge in [-0.15, -0.1) is 0 Å². The quantitative estimate of drug-likeness (QED) is 0.241. The summed E-state index contributed by atoms with van der Waals surface area (Å²) in [5, 5.41) is 8.10. The number of nitrogens with one attached hydrogen (secondary N) is 3. The number of rotatable bonds is 6. The van der Waals surface area contributed by atoms with Gasteiger partial charge in [-0.25, -0.2) is 19.0 Å². The molecule has 0 aliphatic heterocycles. The van der Waals surface area contributed by atoms with Crippen LogP contribution in [0.4, 0.5) is 31.2 Å². The fraction of sp³-hybridized carbons (Fsp3) is 0.111. The highest BCUT2D eigenvalue weighted by Crippen LogP contribution is 2.33. The molecule has 0 aliphatic carbocycles. The average molecular weight is 536 g/mol. The summed E-state index contributed by atoms with van der Waals surface area (Å²) in [4.78, 5) is 42.0. The van der Waals surface area contributed by atoms with Crippen LogP contribution in [-0.2, 0) is 11.3 Å². The Morgan fingerprint density at radius 2 is 1.82 bits per heavy atom. The number of ether oxygens (including phenoxy) is 1. The smallest absolute Gasteiger partial charge is 0.416 e. The molecule has 0 saturated carbocycles. The lowest BCUT2D eigenvalue weighted by atomic mass is 10.0. The Labute approximate surface area is 221 Å². The van der Waals surface area contributed by atoms with E-state index in [-0.39, 0.29) is 40.0 Å². The minimum absolute atomic E-state index is 0.00981. The number of anilines is 3. The highest BCUT2D eigenvalue weighted by Gasteiger charge is 2.18. The molecule has 3 N–H and O–H groups in total. The summed E-state index contributed by atoms with van der Waals surface area (Å²) in [5.41, 5.74) is 0.864. The molecule has 0 unspecified atom stereocenters. The number of hydrogen-bond acceptors (Lipinski definition) is 5. The molecule has 194 valence electrons. The van der Waals surface area contributed by atoms with E-state index >= 15 is 0 Å². The Hall–Kier alpha value is -4.70. The second kappa shape index (κ2) is 11.1. The highest BCUT2D eigenvalue weighted by molar-refractivity contribution is 6.33. The van der Waals surface area contributed by atoms with Gasteiger partial charge in [-0.2, -0.15) is 0 Å². The molecule has 2 aromatic carbocycles. The Morgan fingerprint density at radius 3 is 2.50 bits per heavy atom. The number of amides is 3. The molecular formula is C27H23ClFN5O4. The molecule has 11 heteroatoms. The first-order chi connectivity index (χ1) is 18.2. The molecule has 38 heavy (non-hydrogen) atoms. The van der Waals surface area contributed by atoms with Crippen molar-refractivity contribution >= 4 is 51.8 Å². The lowest BCUT2D eigenvalue weighted by molar-refractivity contribution is 0.192. The lowest BCUT2D eigenvalue weighted by Gasteiger charge is -2.15. The van der Waals surface area contributed by atoms with Gasteiger partial charge in [0.15, 0.2) is 0 Å². The van der Waals surface area contributed by atoms with E-state index in [4.69, 9.17) is 16.3 Å². The van der Waals surface area contributed by atoms with Crippen molar-refractivity contribution in [1.82, 2.24) is 9.55 Å². The summed E-state index contributed by atoms with van der Waals surface area (Å²) in [6, 6.07) is 13.4. The number of allylic oxidation sites excluding steroid dienone is 1. The summed E-state index contributed by atoms with van der Waals surface area (Å²) < 4.78 is 21.1. The SMILES string of the molecule is C=C(C)OC(=O)Nc1cc2c(cn1)cc(-c1cc(NC(=O)Nc3ccccc3)c(F)cc1Cl)c(=O)n2CC. The fourth-order valence-electron chi connectivity index (χ4n) is 3.79. The minimum atomic E-state index is -0.766. The number of benzene rings is 2. The van der Waals surface area contributed by atoms with Crippen molar-refractivity contribution in [3.63, 3.8) is 0 Å². The largest absolute Gasteiger partial charge is 0.417 e. The number of pyridine rings is 2. The Kier molecular flexibility index (Phi) is 7.73. The average Bonchev–Trinajstić information content (AvgIpc) is 2.85. The van der Waals surface area contributed by atoms with Gasteiger partial charge < -0.3 is 19.9 Å². The van der Waals surface area contributed by atoms with Crippen molar-refractivity contribution in [2.75, 3.05) is 16.0 Å². The van der Waals surface area contributed by atoms with Gasteiger partial charge in [-0.3, -0.25) is 10.1 Å². The minimum Gasteiger partial charge on any atom is -0.416 e. The molecular weight excluding hydrogens is 513 g/mol. The maximum atomic E-state index is 14.7. The number of fused-ring (bicyclic) bond motifs is 1. The van der Waals surface area contributed by atoms with Crippen LogP contribution < -0.4 is 21.5 Å². The van der Waals surface area contributed by atoms with Crippen molar-refractivity contribution in [3.8, 4) is 11.1 Å². The molecule has 0 aliphatic rings. The third-order valence-corrected chi connectivity index (χ3v) is 5.73.